The molecule has 0 aromatic carbocycles. The number of ether oxygens (including phenoxy) is 2. The maximum absolute atomic E-state index is 12.8. The van der Waals surface area contributed by atoms with Crippen molar-refractivity contribution in [3.05, 3.63) is 72.9 Å². The molecule has 0 N–H and O–H groups in total. The van der Waals surface area contributed by atoms with Gasteiger partial charge in [0.25, 0.3) is 7.82 Å². The molecule has 2 atom stereocenters. The predicted octanol–water partition coefficient (Wildman–Crippen LogP) is 16.8. The van der Waals surface area contributed by atoms with Gasteiger partial charge in [0.2, 0.25) is 0 Å². The minimum atomic E-state index is -4.54. The van der Waals surface area contributed by atoms with Crippen molar-refractivity contribution in [3.8, 4) is 0 Å². The molecule has 0 fully saturated rings. The van der Waals surface area contributed by atoms with Gasteiger partial charge >= 0.3 is 5.97 Å². The molecule has 0 aliphatic rings. The van der Waals surface area contributed by atoms with E-state index < -0.39 is 13.9 Å². The Morgan fingerprint density at radius 3 is 1.30 bits per heavy atom. The van der Waals surface area contributed by atoms with Crippen molar-refractivity contribution in [2.24, 2.45) is 0 Å². The normalized spacial score (nSPS) is 14.1. The maximum Gasteiger partial charge on any atom is 0.306 e. The van der Waals surface area contributed by atoms with E-state index >= 15 is 0 Å². The van der Waals surface area contributed by atoms with Crippen LogP contribution in [0.1, 0.15) is 232 Å². The highest BCUT2D eigenvalue weighted by Gasteiger charge is 2.20. The first kappa shape index (κ1) is 64.9. The van der Waals surface area contributed by atoms with Crippen LogP contribution >= 0.6 is 7.82 Å². The number of hydrogen-bond donors (Lipinski definition) is 0. The van der Waals surface area contributed by atoms with Gasteiger partial charge in [-0.15, -0.1) is 0 Å². The summed E-state index contributed by atoms with van der Waals surface area (Å²) in [5.41, 5.74) is 0. The van der Waals surface area contributed by atoms with Gasteiger partial charge in [-0.2, -0.15) is 0 Å². The Labute approximate surface area is 414 Å². The molecule has 0 aromatic heterocycles. The van der Waals surface area contributed by atoms with Gasteiger partial charge in [0.1, 0.15) is 19.3 Å². The summed E-state index contributed by atoms with van der Waals surface area (Å²) in [5.74, 6) is -0.340. The summed E-state index contributed by atoms with van der Waals surface area (Å²) < 4.78 is 34.8. The van der Waals surface area contributed by atoms with Crippen molar-refractivity contribution in [1.82, 2.24) is 0 Å². The van der Waals surface area contributed by atoms with Crippen molar-refractivity contribution < 1.29 is 37.3 Å². The average Bonchev–Trinajstić information content (AvgIpc) is 3.29. The second-order valence-corrected chi connectivity index (χ2v) is 21.0. The number of quaternary nitrogens is 1. The highest BCUT2D eigenvalue weighted by atomic mass is 31.2. The summed E-state index contributed by atoms with van der Waals surface area (Å²) >= 11 is 0. The molecule has 0 radical (unpaired) electrons. The summed E-state index contributed by atoms with van der Waals surface area (Å²) in [4.78, 5) is 25.2. The lowest BCUT2D eigenvalue weighted by molar-refractivity contribution is -0.870. The van der Waals surface area contributed by atoms with E-state index in [9.17, 15) is 14.3 Å². The third-order valence-electron chi connectivity index (χ3n) is 11.7. The van der Waals surface area contributed by atoms with E-state index in [0.29, 0.717) is 24.1 Å². The summed E-state index contributed by atoms with van der Waals surface area (Å²) in [7, 11) is 1.35. The van der Waals surface area contributed by atoms with E-state index in [1.165, 1.54) is 148 Å². The van der Waals surface area contributed by atoms with Crippen LogP contribution in [-0.4, -0.2) is 70.7 Å². The van der Waals surface area contributed by atoms with Gasteiger partial charge in [0.15, 0.2) is 0 Å². The molecule has 67 heavy (non-hydrogen) atoms. The minimum Gasteiger partial charge on any atom is -0.756 e. The molecule has 0 saturated carbocycles. The quantitative estimate of drug-likeness (QED) is 0.0197. The maximum atomic E-state index is 12.8. The molecule has 0 heterocycles. The van der Waals surface area contributed by atoms with Crippen molar-refractivity contribution >= 4 is 13.8 Å². The Balaban J connectivity index is 4.12. The zero-order chi connectivity index (χ0) is 49.0. The molecule has 0 aliphatic heterocycles. The van der Waals surface area contributed by atoms with Gasteiger partial charge in [0.05, 0.1) is 34.4 Å². The fraction of sp³-hybridized carbons (Fsp3) is 0.776. The molecule has 0 bridgehead atoms. The molecule has 0 aromatic rings. The van der Waals surface area contributed by atoms with Gasteiger partial charge in [-0.25, -0.2) is 0 Å². The number of carbonyl (C=O) groups is 1. The number of rotatable bonds is 51. The van der Waals surface area contributed by atoms with E-state index in [1.54, 1.807) is 0 Å². The Bertz CT molecular complexity index is 1300. The van der Waals surface area contributed by atoms with Crippen molar-refractivity contribution in [1.29, 1.82) is 0 Å². The average molecular weight is 960 g/mol. The number of likely N-dealkylation sites (N-methyl/N-ethyl adjacent to an activating group) is 1. The lowest BCUT2D eigenvalue weighted by Gasteiger charge is -2.28. The Morgan fingerprint density at radius 2 is 0.866 bits per heavy atom. The molecule has 0 saturated heterocycles. The standard InChI is InChI=1S/C58H106NO7P/c1-6-8-10-12-14-16-18-20-22-24-26-28-30-31-33-35-37-39-41-43-45-47-49-51-58(60)66-57(56-65-67(61,62)64-54-52-59(3,4)5)55-63-53-50-48-46-44-42-40-38-36-34-32-29-27-25-23-21-19-17-15-13-11-9-7-2/h8,10,14,16,19-22,25-28,57H,6-7,9,11-13,15,17-18,23-24,29-56H2,1-5H3/b10-8-,16-14-,21-19-,22-20-,27-25-,28-26-. The molecule has 0 aliphatic carbocycles. The summed E-state index contributed by atoms with van der Waals surface area (Å²) in [6.07, 6.45) is 66.4. The smallest absolute Gasteiger partial charge is 0.306 e. The molecule has 2 unspecified atom stereocenters. The number of unbranched alkanes of at least 4 members (excludes halogenated alkanes) is 25. The Kier molecular flexibility index (Phi) is 48.8. The first-order valence-electron chi connectivity index (χ1n) is 27.7. The molecule has 0 amide bonds. The summed E-state index contributed by atoms with van der Waals surface area (Å²) in [6.45, 7) is 5.30. The van der Waals surface area contributed by atoms with Crippen molar-refractivity contribution in [2.75, 3.05) is 54.1 Å². The fourth-order valence-corrected chi connectivity index (χ4v) is 8.24. The molecule has 0 spiro atoms. The third kappa shape index (κ3) is 54.7. The number of nitrogens with zero attached hydrogens (tertiary/aromatic N) is 1. The number of hydrogen-bond acceptors (Lipinski definition) is 7. The largest absolute Gasteiger partial charge is 0.756 e. The monoisotopic (exact) mass is 960 g/mol. The predicted molar refractivity (Wildman–Crippen MR) is 286 cm³/mol. The highest BCUT2D eigenvalue weighted by Crippen LogP contribution is 2.38. The molecular formula is C58H106NO7P. The van der Waals surface area contributed by atoms with Crippen LogP contribution in [0.25, 0.3) is 0 Å². The molecule has 0 rings (SSSR count). The first-order valence-corrected chi connectivity index (χ1v) is 29.1. The zero-order valence-corrected chi connectivity index (χ0v) is 45.2. The first-order chi connectivity index (χ1) is 32.6. The van der Waals surface area contributed by atoms with Crippen LogP contribution in [-0.2, 0) is 27.9 Å². The van der Waals surface area contributed by atoms with Gasteiger partial charge in [0, 0.05) is 13.0 Å². The Morgan fingerprint density at radius 1 is 0.478 bits per heavy atom. The molecular weight excluding hydrogens is 854 g/mol. The van der Waals surface area contributed by atoms with Crippen LogP contribution in [0.3, 0.4) is 0 Å². The number of phosphoric acid groups is 1. The lowest BCUT2D eigenvalue weighted by atomic mass is 10.0. The SMILES string of the molecule is CC/C=C\C/C=C\C/C=C\C/C=C\CCCCCCCCCCCCC(=O)OC(COCCCCCCCCCCCC/C=C\C/C=C\CCCCCCC)COP(=O)([O-])OCC[N+](C)(C)C. The van der Waals surface area contributed by atoms with Gasteiger partial charge in [-0.05, 0) is 83.5 Å². The zero-order valence-electron chi connectivity index (χ0n) is 44.3. The van der Waals surface area contributed by atoms with Crippen LogP contribution in [0.15, 0.2) is 72.9 Å². The summed E-state index contributed by atoms with van der Waals surface area (Å²) in [6, 6.07) is 0. The summed E-state index contributed by atoms with van der Waals surface area (Å²) in [5, 5.41) is 0. The van der Waals surface area contributed by atoms with E-state index in [0.717, 1.165) is 64.2 Å². The fourth-order valence-electron chi connectivity index (χ4n) is 7.51. The second-order valence-electron chi connectivity index (χ2n) is 19.6. The van der Waals surface area contributed by atoms with E-state index in [2.05, 4.69) is 86.8 Å². The Hall–Kier alpha value is -2.06. The molecule has 390 valence electrons. The third-order valence-corrected chi connectivity index (χ3v) is 12.7. The van der Waals surface area contributed by atoms with Gasteiger partial charge in [-0.3, -0.25) is 9.36 Å². The molecule has 9 heteroatoms. The van der Waals surface area contributed by atoms with Crippen LogP contribution in [0, 0.1) is 0 Å². The number of allylic oxidation sites excluding steroid dienone is 12. The van der Waals surface area contributed by atoms with Crippen molar-refractivity contribution in [2.45, 2.75) is 238 Å². The molecule has 8 nitrogen and oxygen atoms in total. The number of carbonyl (C=O) groups excluding carboxylic acids is 1. The number of esters is 1. The second kappa shape index (κ2) is 50.3. The van der Waals surface area contributed by atoms with E-state index in [-0.39, 0.29) is 25.8 Å². The lowest BCUT2D eigenvalue weighted by Crippen LogP contribution is -2.37. The van der Waals surface area contributed by atoms with Crippen molar-refractivity contribution in [3.63, 3.8) is 0 Å². The van der Waals surface area contributed by atoms with Crippen LogP contribution < -0.4 is 4.89 Å². The van der Waals surface area contributed by atoms with Gasteiger partial charge < -0.3 is 27.9 Å². The van der Waals surface area contributed by atoms with Crippen LogP contribution in [0.2, 0.25) is 0 Å². The van der Waals surface area contributed by atoms with E-state index in [1.807, 2.05) is 21.1 Å². The topological polar surface area (TPSA) is 94.1 Å². The van der Waals surface area contributed by atoms with Crippen LogP contribution in [0.4, 0.5) is 0 Å². The number of phosphoric ester groups is 1. The minimum absolute atomic E-state index is 0.0220. The highest BCUT2D eigenvalue weighted by molar-refractivity contribution is 7.45. The van der Waals surface area contributed by atoms with Gasteiger partial charge in [-0.1, -0.05) is 215 Å². The van der Waals surface area contributed by atoms with E-state index in [4.69, 9.17) is 18.5 Å². The van der Waals surface area contributed by atoms with Crippen LogP contribution in [0.5, 0.6) is 0 Å².